The fourth-order valence-corrected chi connectivity index (χ4v) is 2.48. The van der Waals surface area contributed by atoms with Gasteiger partial charge in [0.05, 0.1) is 6.42 Å². The van der Waals surface area contributed by atoms with Gasteiger partial charge in [-0.2, -0.15) is 13.2 Å². The fourth-order valence-electron chi connectivity index (χ4n) is 2.48. The second-order valence-electron chi connectivity index (χ2n) is 6.22. The number of imidazole rings is 1. The molecule has 1 unspecified atom stereocenters. The molecule has 0 aliphatic carbocycles. The molecule has 2 rings (SSSR count). The second-order valence-corrected chi connectivity index (χ2v) is 6.22. The number of nitrogens with one attached hydrogen (secondary N) is 1. The monoisotopic (exact) mass is 355 g/mol. The van der Waals surface area contributed by atoms with Gasteiger partial charge >= 0.3 is 6.18 Å². The molecule has 0 radical (unpaired) electrons. The predicted molar refractivity (Wildman–Crippen MR) is 86.9 cm³/mol. The standard InChI is InChI=1S/C17H20F3N3O2/c1-11(2)12-5-4-6-13(9-12)22-14(24)10-16(25,17(18,19)20)15-21-7-8-23(15)3/h4-9,11,25H,10H2,1-3H3,(H,22,24). The highest BCUT2D eigenvalue weighted by Crippen LogP contribution is 2.40. The Morgan fingerprint density at radius 3 is 2.56 bits per heavy atom. The van der Waals surface area contributed by atoms with E-state index in [0.29, 0.717) is 5.69 Å². The van der Waals surface area contributed by atoms with E-state index in [1.807, 2.05) is 19.9 Å². The maximum atomic E-state index is 13.4. The molecule has 0 aliphatic rings. The van der Waals surface area contributed by atoms with E-state index in [9.17, 15) is 23.1 Å². The van der Waals surface area contributed by atoms with Crippen molar-refractivity contribution in [1.29, 1.82) is 0 Å². The number of hydrogen-bond donors (Lipinski definition) is 2. The van der Waals surface area contributed by atoms with Gasteiger partial charge in [-0.05, 0) is 23.6 Å². The van der Waals surface area contributed by atoms with E-state index in [-0.39, 0.29) is 5.92 Å². The van der Waals surface area contributed by atoms with E-state index < -0.39 is 29.9 Å². The molecule has 0 fully saturated rings. The number of carbonyl (C=O) groups is 1. The molecular formula is C17H20F3N3O2. The van der Waals surface area contributed by atoms with Gasteiger partial charge in [0.2, 0.25) is 11.5 Å². The Labute approximate surface area is 143 Å². The zero-order chi connectivity index (χ0) is 18.8. The molecule has 0 aliphatic heterocycles. The van der Waals surface area contributed by atoms with E-state index >= 15 is 0 Å². The van der Waals surface area contributed by atoms with Crippen molar-refractivity contribution < 1.29 is 23.1 Å². The number of hydrogen-bond acceptors (Lipinski definition) is 3. The zero-order valence-corrected chi connectivity index (χ0v) is 14.1. The Morgan fingerprint density at radius 2 is 2.04 bits per heavy atom. The Morgan fingerprint density at radius 1 is 1.36 bits per heavy atom. The minimum absolute atomic E-state index is 0.205. The van der Waals surface area contributed by atoms with Crippen molar-refractivity contribution in [1.82, 2.24) is 9.55 Å². The first-order valence-corrected chi connectivity index (χ1v) is 7.71. The van der Waals surface area contributed by atoms with Gasteiger partial charge in [0.25, 0.3) is 0 Å². The summed E-state index contributed by atoms with van der Waals surface area (Å²) in [6, 6.07) is 6.84. The lowest BCUT2D eigenvalue weighted by atomic mass is 9.97. The smallest absolute Gasteiger partial charge is 0.374 e. The number of aryl methyl sites for hydroxylation is 1. The molecule has 136 valence electrons. The third kappa shape index (κ3) is 4.01. The summed E-state index contributed by atoms with van der Waals surface area (Å²) in [6.07, 6.45) is -3.83. The van der Waals surface area contributed by atoms with Crippen molar-refractivity contribution in [2.24, 2.45) is 7.05 Å². The molecule has 1 aromatic heterocycles. The van der Waals surface area contributed by atoms with Gasteiger partial charge in [-0.25, -0.2) is 4.98 Å². The molecule has 25 heavy (non-hydrogen) atoms. The first kappa shape index (κ1) is 19.0. The number of nitrogens with zero attached hydrogens (tertiary/aromatic N) is 2. The molecular weight excluding hydrogens is 335 g/mol. The van der Waals surface area contributed by atoms with Gasteiger partial charge in [-0.15, -0.1) is 0 Å². The maximum Gasteiger partial charge on any atom is 0.425 e. The Hall–Kier alpha value is -2.35. The van der Waals surface area contributed by atoms with Crippen molar-refractivity contribution in [3.8, 4) is 0 Å². The quantitative estimate of drug-likeness (QED) is 0.865. The fraction of sp³-hybridized carbons (Fsp3) is 0.412. The van der Waals surface area contributed by atoms with Crippen LogP contribution in [-0.2, 0) is 17.4 Å². The number of rotatable bonds is 5. The predicted octanol–water partition coefficient (Wildman–Crippen LogP) is 3.32. The van der Waals surface area contributed by atoms with Crippen LogP contribution in [0.15, 0.2) is 36.7 Å². The number of benzene rings is 1. The number of aromatic nitrogens is 2. The highest BCUT2D eigenvalue weighted by molar-refractivity contribution is 5.91. The molecule has 8 heteroatoms. The molecule has 0 saturated carbocycles. The topological polar surface area (TPSA) is 67.2 Å². The summed E-state index contributed by atoms with van der Waals surface area (Å²) in [5.74, 6) is -1.38. The highest BCUT2D eigenvalue weighted by atomic mass is 19.4. The Balaban J connectivity index is 2.24. The van der Waals surface area contributed by atoms with Crippen LogP contribution in [0.1, 0.15) is 37.6 Å². The highest BCUT2D eigenvalue weighted by Gasteiger charge is 2.58. The zero-order valence-electron chi connectivity index (χ0n) is 14.1. The van der Waals surface area contributed by atoms with Crippen LogP contribution in [0.4, 0.5) is 18.9 Å². The molecule has 1 amide bonds. The largest absolute Gasteiger partial charge is 0.425 e. The summed E-state index contributed by atoms with van der Waals surface area (Å²) in [5.41, 5.74) is -2.06. The molecule has 5 nitrogen and oxygen atoms in total. The van der Waals surface area contributed by atoms with Crippen LogP contribution in [-0.4, -0.2) is 26.7 Å². The summed E-state index contributed by atoms with van der Waals surface area (Å²) in [4.78, 5) is 15.7. The SMILES string of the molecule is CC(C)c1cccc(NC(=O)CC(O)(c2nccn2C)C(F)(F)F)c1. The minimum atomic E-state index is -5.05. The Bertz CT molecular complexity index is 756. The van der Waals surface area contributed by atoms with Crippen molar-refractivity contribution in [3.05, 3.63) is 48.0 Å². The summed E-state index contributed by atoms with van der Waals surface area (Å²) < 4.78 is 41.3. The summed E-state index contributed by atoms with van der Waals surface area (Å²) in [6.45, 7) is 3.93. The molecule has 1 atom stereocenters. The van der Waals surface area contributed by atoms with Crippen LogP contribution in [0.2, 0.25) is 0 Å². The minimum Gasteiger partial charge on any atom is -0.374 e. The van der Waals surface area contributed by atoms with Crippen LogP contribution < -0.4 is 5.32 Å². The van der Waals surface area contributed by atoms with Gasteiger partial charge < -0.3 is 15.0 Å². The van der Waals surface area contributed by atoms with Gasteiger partial charge in [0.1, 0.15) is 0 Å². The number of aliphatic hydroxyl groups is 1. The summed E-state index contributed by atoms with van der Waals surface area (Å²) in [5, 5.41) is 12.6. The van der Waals surface area contributed by atoms with E-state index in [1.165, 1.54) is 13.2 Å². The molecule has 0 spiro atoms. The van der Waals surface area contributed by atoms with Crippen molar-refractivity contribution in [3.63, 3.8) is 0 Å². The van der Waals surface area contributed by atoms with Crippen LogP contribution in [0, 0.1) is 0 Å². The lowest BCUT2D eigenvalue weighted by molar-refractivity contribution is -0.270. The van der Waals surface area contributed by atoms with Crippen molar-refractivity contribution in [2.45, 2.75) is 38.0 Å². The molecule has 2 aromatic rings. The summed E-state index contributed by atoms with van der Waals surface area (Å²) in [7, 11) is 1.32. The summed E-state index contributed by atoms with van der Waals surface area (Å²) >= 11 is 0. The number of halogens is 3. The van der Waals surface area contributed by atoms with Gasteiger partial charge in [-0.1, -0.05) is 26.0 Å². The second kappa shape index (κ2) is 6.87. The molecule has 0 saturated heterocycles. The lowest BCUT2D eigenvalue weighted by Crippen LogP contribution is -2.46. The third-order valence-corrected chi connectivity index (χ3v) is 3.91. The number of carbonyl (C=O) groups excluding carboxylic acids is 1. The van der Waals surface area contributed by atoms with Gasteiger partial charge in [0, 0.05) is 25.1 Å². The normalized spacial score (nSPS) is 14.4. The first-order chi connectivity index (χ1) is 11.5. The molecule has 2 N–H and O–H groups in total. The van der Waals surface area contributed by atoms with Gasteiger partial charge in [-0.3, -0.25) is 4.79 Å². The van der Waals surface area contributed by atoms with E-state index in [0.717, 1.165) is 16.3 Å². The number of anilines is 1. The van der Waals surface area contributed by atoms with Crippen LogP contribution in [0.5, 0.6) is 0 Å². The van der Waals surface area contributed by atoms with Crippen LogP contribution in [0.25, 0.3) is 0 Å². The Kier molecular flexibility index (Phi) is 5.22. The van der Waals surface area contributed by atoms with E-state index in [2.05, 4.69) is 10.3 Å². The number of alkyl halides is 3. The molecule has 1 heterocycles. The average molecular weight is 355 g/mol. The lowest BCUT2D eigenvalue weighted by Gasteiger charge is -2.29. The van der Waals surface area contributed by atoms with Crippen LogP contribution in [0.3, 0.4) is 0 Å². The first-order valence-electron chi connectivity index (χ1n) is 7.71. The van der Waals surface area contributed by atoms with Gasteiger partial charge in [0.15, 0.2) is 5.82 Å². The van der Waals surface area contributed by atoms with Crippen LogP contribution >= 0.6 is 0 Å². The molecule has 0 bridgehead atoms. The van der Waals surface area contributed by atoms with E-state index in [1.54, 1.807) is 18.2 Å². The maximum absolute atomic E-state index is 13.4. The van der Waals surface area contributed by atoms with Crippen molar-refractivity contribution in [2.75, 3.05) is 5.32 Å². The molecule has 1 aromatic carbocycles. The van der Waals surface area contributed by atoms with Crippen molar-refractivity contribution >= 4 is 11.6 Å². The average Bonchev–Trinajstić information content (AvgIpc) is 2.92. The van der Waals surface area contributed by atoms with E-state index in [4.69, 9.17) is 0 Å². The number of amides is 1. The third-order valence-electron chi connectivity index (χ3n) is 3.91.